The number of carbonyl (C=O) groups excluding carboxylic acids is 1. The first-order chi connectivity index (χ1) is 13.2. The lowest BCUT2D eigenvalue weighted by atomic mass is 9.84. The molecule has 1 saturated carbocycles. The first-order valence-electron chi connectivity index (χ1n) is 10.9. The molecule has 3 rings (SSSR count). The van der Waals surface area contributed by atoms with Crippen molar-refractivity contribution in [1.82, 2.24) is 25.3 Å². The van der Waals surface area contributed by atoms with Crippen molar-refractivity contribution in [1.29, 1.82) is 0 Å². The molecule has 0 spiro atoms. The van der Waals surface area contributed by atoms with Crippen LogP contribution in [0.2, 0.25) is 0 Å². The normalized spacial score (nSPS) is 24.6. The lowest BCUT2D eigenvalue weighted by Gasteiger charge is -2.38. The van der Waals surface area contributed by atoms with Crippen molar-refractivity contribution in [2.24, 2.45) is 10.9 Å². The lowest BCUT2D eigenvalue weighted by Crippen LogP contribution is -2.52. The maximum atomic E-state index is 12.3. The van der Waals surface area contributed by atoms with Gasteiger partial charge in [0.2, 0.25) is 5.91 Å². The van der Waals surface area contributed by atoms with E-state index in [1.54, 1.807) is 0 Å². The van der Waals surface area contributed by atoms with Crippen LogP contribution in [-0.2, 0) is 4.79 Å². The smallest absolute Gasteiger partial charge is 0.225 e. The molecular formula is C20H39IN6O. The molecule has 0 aromatic heterocycles. The molecular weight excluding hydrogens is 467 g/mol. The highest BCUT2D eigenvalue weighted by atomic mass is 127. The highest BCUT2D eigenvalue weighted by Crippen LogP contribution is 2.28. The van der Waals surface area contributed by atoms with Crippen molar-refractivity contribution in [3.63, 3.8) is 0 Å². The zero-order valence-electron chi connectivity index (χ0n) is 17.7. The molecule has 2 N–H and O–H groups in total. The molecule has 0 radical (unpaired) electrons. The molecule has 162 valence electrons. The van der Waals surface area contributed by atoms with Gasteiger partial charge >= 0.3 is 0 Å². The predicted octanol–water partition coefficient (Wildman–Crippen LogP) is 1.20. The molecule has 1 unspecified atom stereocenters. The van der Waals surface area contributed by atoms with E-state index >= 15 is 0 Å². The van der Waals surface area contributed by atoms with Gasteiger partial charge in [0.15, 0.2) is 5.96 Å². The molecule has 0 aromatic rings. The van der Waals surface area contributed by atoms with Crippen LogP contribution in [0.5, 0.6) is 0 Å². The van der Waals surface area contributed by atoms with Crippen molar-refractivity contribution in [2.75, 3.05) is 66.0 Å². The fourth-order valence-corrected chi connectivity index (χ4v) is 4.42. The van der Waals surface area contributed by atoms with Crippen LogP contribution in [0, 0.1) is 5.92 Å². The van der Waals surface area contributed by atoms with Crippen LogP contribution in [0.25, 0.3) is 0 Å². The van der Waals surface area contributed by atoms with E-state index in [0.717, 1.165) is 71.2 Å². The Labute approximate surface area is 187 Å². The van der Waals surface area contributed by atoms with E-state index in [1.165, 1.54) is 25.8 Å². The minimum atomic E-state index is 0. The maximum absolute atomic E-state index is 12.3. The predicted molar refractivity (Wildman–Crippen MR) is 125 cm³/mol. The lowest BCUT2D eigenvalue weighted by molar-refractivity contribution is -0.139. The van der Waals surface area contributed by atoms with E-state index < -0.39 is 0 Å². The molecule has 3 fully saturated rings. The third kappa shape index (κ3) is 6.45. The summed E-state index contributed by atoms with van der Waals surface area (Å²) < 4.78 is 0. The van der Waals surface area contributed by atoms with Crippen LogP contribution in [0.15, 0.2) is 4.99 Å². The van der Waals surface area contributed by atoms with Gasteiger partial charge in [0.25, 0.3) is 0 Å². The molecule has 28 heavy (non-hydrogen) atoms. The monoisotopic (exact) mass is 506 g/mol. The number of halogens is 1. The van der Waals surface area contributed by atoms with E-state index in [9.17, 15) is 4.79 Å². The molecule has 1 aliphatic carbocycles. The van der Waals surface area contributed by atoms with Gasteiger partial charge in [-0.3, -0.25) is 19.6 Å². The topological polar surface area (TPSA) is 63.2 Å². The first-order valence-corrected chi connectivity index (χ1v) is 10.9. The van der Waals surface area contributed by atoms with Gasteiger partial charge in [0.1, 0.15) is 0 Å². The van der Waals surface area contributed by atoms with Crippen molar-refractivity contribution >= 4 is 35.8 Å². The maximum Gasteiger partial charge on any atom is 0.225 e. The summed E-state index contributed by atoms with van der Waals surface area (Å²) in [7, 11) is 1.84. The highest BCUT2D eigenvalue weighted by molar-refractivity contribution is 14.0. The van der Waals surface area contributed by atoms with E-state index in [1.807, 2.05) is 7.05 Å². The number of likely N-dealkylation sites (tertiary alicyclic amines) is 1. The third-order valence-corrected chi connectivity index (χ3v) is 6.49. The van der Waals surface area contributed by atoms with Crippen LogP contribution in [0.4, 0.5) is 0 Å². The van der Waals surface area contributed by atoms with E-state index in [-0.39, 0.29) is 24.0 Å². The number of nitrogens with zero attached hydrogens (tertiary/aromatic N) is 4. The van der Waals surface area contributed by atoms with Gasteiger partial charge in [0.05, 0.1) is 0 Å². The second kappa shape index (κ2) is 12.2. The van der Waals surface area contributed by atoms with Gasteiger partial charge in [-0.1, -0.05) is 13.3 Å². The van der Waals surface area contributed by atoms with Crippen LogP contribution >= 0.6 is 24.0 Å². The van der Waals surface area contributed by atoms with Crippen LogP contribution in [0.1, 0.15) is 39.0 Å². The Morgan fingerprint density at radius 1 is 1.04 bits per heavy atom. The number of nitrogens with one attached hydrogen (secondary N) is 2. The Bertz CT molecular complexity index is 505. The van der Waals surface area contributed by atoms with Gasteiger partial charge in [-0.25, -0.2) is 0 Å². The summed E-state index contributed by atoms with van der Waals surface area (Å²) in [4.78, 5) is 23.8. The number of amides is 1. The summed E-state index contributed by atoms with van der Waals surface area (Å²) in [5.41, 5.74) is 0. The Kier molecular flexibility index (Phi) is 10.3. The first kappa shape index (κ1) is 23.7. The number of aliphatic imine (C=N–C) groups is 1. The number of likely N-dealkylation sites (N-methyl/N-ethyl adjacent to an activating group) is 1. The third-order valence-electron chi connectivity index (χ3n) is 6.49. The molecule has 7 nitrogen and oxygen atoms in total. The van der Waals surface area contributed by atoms with Crippen molar-refractivity contribution in [3.8, 4) is 0 Å². The number of carbonyl (C=O) groups is 1. The number of guanidine groups is 1. The van der Waals surface area contributed by atoms with Crippen LogP contribution in [-0.4, -0.2) is 98.6 Å². The Morgan fingerprint density at radius 2 is 1.79 bits per heavy atom. The van der Waals surface area contributed by atoms with Gasteiger partial charge in [-0.2, -0.15) is 0 Å². The van der Waals surface area contributed by atoms with Gasteiger partial charge in [-0.15, -0.1) is 24.0 Å². The molecule has 0 aromatic carbocycles. The zero-order valence-corrected chi connectivity index (χ0v) is 20.0. The zero-order chi connectivity index (χ0) is 19.1. The molecule has 1 atom stereocenters. The average molecular weight is 506 g/mol. The molecule has 8 heteroatoms. The summed E-state index contributed by atoms with van der Waals surface area (Å²) in [6.45, 7) is 11.2. The molecule has 0 bridgehead atoms. The van der Waals surface area contributed by atoms with Crippen molar-refractivity contribution < 1.29 is 4.79 Å². The summed E-state index contributed by atoms with van der Waals surface area (Å²) >= 11 is 0. The number of hydrogen-bond acceptors (Lipinski definition) is 4. The quantitative estimate of drug-likeness (QED) is 0.309. The second-order valence-corrected chi connectivity index (χ2v) is 8.10. The SMILES string of the molecule is CCN1CCCC1CNC(=NC)NCCN1CCN(C(=O)C2CCC2)CC1.I. The van der Waals surface area contributed by atoms with E-state index in [2.05, 4.69) is 37.2 Å². The molecule has 1 amide bonds. The van der Waals surface area contributed by atoms with Gasteiger partial charge in [-0.05, 0) is 38.8 Å². The van der Waals surface area contributed by atoms with Gasteiger partial charge in [0, 0.05) is 64.8 Å². The summed E-state index contributed by atoms with van der Waals surface area (Å²) in [6.07, 6.45) is 6.02. The van der Waals surface area contributed by atoms with Crippen molar-refractivity contribution in [2.45, 2.75) is 45.1 Å². The Hall–Kier alpha value is -0.610. The fourth-order valence-electron chi connectivity index (χ4n) is 4.42. The standard InChI is InChI=1S/C20H38N6O.HI/c1-3-25-10-5-8-18(25)16-23-20(21-2)22-9-11-24-12-14-26(15-13-24)19(27)17-6-4-7-17;/h17-18H,3-16H2,1-2H3,(H2,21,22,23);1H. The summed E-state index contributed by atoms with van der Waals surface area (Å²) in [5.74, 6) is 1.63. The van der Waals surface area contributed by atoms with E-state index in [0.29, 0.717) is 17.9 Å². The van der Waals surface area contributed by atoms with Crippen LogP contribution in [0.3, 0.4) is 0 Å². The summed E-state index contributed by atoms with van der Waals surface area (Å²) in [5, 5.41) is 6.93. The molecule has 2 saturated heterocycles. The minimum Gasteiger partial charge on any atom is -0.355 e. The molecule has 3 aliphatic rings. The van der Waals surface area contributed by atoms with Crippen LogP contribution < -0.4 is 10.6 Å². The fraction of sp³-hybridized carbons (Fsp3) is 0.900. The van der Waals surface area contributed by atoms with E-state index in [4.69, 9.17) is 0 Å². The average Bonchev–Trinajstić information content (AvgIpc) is 3.11. The number of hydrogen-bond donors (Lipinski definition) is 2. The minimum absolute atomic E-state index is 0. The summed E-state index contributed by atoms with van der Waals surface area (Å²) in [6, 6.07) is 0.634. The van der Waals surface area contributed by atoms with Gasteiger partial charge < -0.3 is 15.5 Å². The number of rotatable bonds is 7. The largest absolute Gasteiger partial charge is 0.355 e. The molecule has 2 aliphatic heterocycles. The highest BCUT2D eigenvalue weighted by Gasteiger charge is 2.31. The number of piperazine rings is 1. The molecule has 2 heterocycles. The van der Waals surface area contributed by atoms with Crippen molar-refractivity contribution in [3.05, 3.63) is 0 Å². The second-order valence-electron chi connectivity index (χ2n) is 8.10. The Morgan fingerprint density at radius 3 is 2.39 bits per heavy atom. The Balaban J connectivity index is 0.00000280.